The molecule has 0 N–H and O–H groups in total. The Kier molecular flexibility index (Phi) is 3.01. The minimum atomic E-state index is 0.568. The van der Waals surface area contributed by atoms with E-state index < -0.39 is 0 Å². The number of aromatic nitrogens is 2. The molecule has 0 amide bonds. The average Bonchev–Trinajstić information content (AvgIpc) is 2.18. The molecule has 4 heteroatoms. The number of nitrogens with zero attached hydrogens (tertiary/aromatic N) is 3. The van der Waals surface area contributed by atoms with Gasteiger partial charge in [-0.05, 0) is 48.2 Å². The lowest BCUT2D eigenvalue weighted by atomic mass is 10.0. The molecule has 0 aromatic carbocycles. The molecule has 1 aliphatic heterocycles. The van der Waals surface area contributed by atoms with Crippen LogP contribution in [0.2, 0.25) is 0 Å². The molecule has 0 saturated carbocycles. The van der Waals surface area contributed by atoms with Gasteiger partial charge in [-0.25, -0.2) is 9.97 Å². The molecule has 2 rings (SSSR count). The summed E-state index contributed by atoms with van der Waals surface area (Å²) in [5.74, 6) is 0.853. The van der Waals surface area contributed by atoms with Crippen LogP contribution in [0.25, 0.3) is 0 Å². The van der Waals surface area contributed by atoms with Crippen LogP contribution in [-0.2, 0) is 0 Å². The number of rotatable bonds is 1. The van der Waals surface area contributed by atoms with Gasteiger partial charge in [-0.3, -0.25) is 0 Å². The molecule has 0 aliphatic carbocycles. The van der Waals surface area contributed by atoms with Crippen LogP contribution in [0.15, 0.2) is 16.9 Å². The van der Waals surface area contributed by atoms with Gasteiger partial charge in [0.1, 0.15) is 4.60 Å². The van der Waals surface area contributed by atoms with E-state index in [-0.39, 0.29) is 0 Å². The minimum Gasteiger partial charge on any atom is -0.338 e. The molecule has 76 valence electrons. The third-order valence-electron chi connectivity index (χ3n) is 2.67. The second kappa shape index (κ2) is 4.26. The average molecular weight is 256 g/mol. The van der Waals surface area contributed by atoms with Gasteiger partial charge in [-0.2, -0.15) is 0 Å². The highest BCUT2D eigenvalue weighted by atomic mass is 79.9. The first kappa shape index (κ1) is 9.90. The van der Waals surface area contributed by atoms with Gasteiger partial charge in [-0.15, -0.1) is 0 Å². The first-order valence-electron chi connectivity index (χ1n) is 5.02. The van der Waals surface area contributed by atoms with Gasteiger partial charge in [0.25, 0.3) is 0 Å². The molecule has 0 radical (unpaired) electrons. The predicted octanol–water partition coefficient (Wildman–Crippen LogP) is 2.62. The van der Waals surface area contributed by atoms with Crippen LogP contribution in [-0.4, -0.2) is 22.6 Å². The van der Waals surface area contributed by atoms with Crippen molar-refractivity contribution in [2.45, 2.75) is 32.2 Å². The third-order valence-corrected chi connectivity index (χ3v) is 3.11. The molecule has 1 unspecified atom stereocenters. The van der Waals surface area contributed by atoms with E-state index in [9.17, 15) is 0 Å². The van der Waals surface area contributed by atoms with Crippen LogP contribution in [0.4, 0.5) is 5.95 Å². The van der Waals surface area contributed by atoms with Gasteiger partial charge in [0.15, 0.2) is 0 Å². The van der Waals surface area contributed by atoms with E-state index in [1.807, 2.05) is 6.07 Å². The normalized spacial score (nSPS) is 22.4. The summed E-state index contributed by atoms with van der Waals surface area (Å²) in [5.41, 5.74) is 0. The summed E-state index contributed by atoms with van der Waals surface area (Å²) < 4.78 is 0.861. The Balaban J connectivity index is 2.20. The van der Waals surface area contributed by atoms with Crippen molar-refractivity contribution >= 4 is 21.9 Å². The fourth-order valence-corrected chi connectivity index (χ4v) is 2.14. The fourth-order valence-electron chi connectivity index (χ4n) is 1.86. The van der Waals surface area contributed by atoms with E-state index >= 15 is 0 Å². The molecule has 1 aromatic heterocycles. The zero-order valence-electron chi connectivity index (χ0n) is 8.28. The Morgan fingerprint density at radius 3 is 3.07 bits per heavy atom. The summed E-state index contributed by atoms with van der Waals surface area (Å²) in [6.45, 7) is 3.32. The number of anilines is 1. The molecule has 1 atom stereocenters. The SMILES string of the molecule is CC1CCCCN1c1nccc(Br)n1. The van der Waals surface area contributed by atoms with Gasteiger partial charge in [0.2, 0.25) is 5.95 Å². The Morgan fingerprint density at radius 2 is 2.36 bits per heavy atom. The molecule has 14 heavy (non-hydrogen) atoms. The molecule has 3 nitrogen and oxygen atoms in total. The molecule has 0 bridgehead atoms. The van der Waals surface area contributed by atoms with E-state index in [1.165, 1.54) is 19.3 Å². The maximum absolute atomic E-state index is 4.38. The Bertz CT molecular complexity index is 316. The van der Waals surface area contributed by atoms with Crippen LogP contribution >= 0.6 is 15.9 Å². The fraction of sp³-hybridized carbons (Fsp3) is 0.600. The second-order valence-electron chi connectivity index (χ2n) is 3.72. The first-order chi connectivity index (χ1) is 6.77. The van der Waals surface area contributed by atoms with Crippen molar-refractivity contribution in [3.05, 3.63) is 16.9 Å². The molecule has 1 saturated heterocycles. The zero-order chi connectivity index (χ0) is 9.97. The minimum absolute atomic E-state index is 0.568. The maximum Gasteiger partial charge on any atom is 0.226 e. The standard InChI is InChI=1S/C10H14BrN3/c1-8-4-2-3-7-14(8)10-12-6-5-9(11)13-10/h5-6,8H,2-4,7H2,1H3. The van der Waals surface area contributed by atoms with Gasteiger partial charge in [0, 0.05) is 18.8 Å². The van der Waals surface area contributed by atoms with Crippen molar-refractivity contribution in [2.75, 3.05) is 11.4 Å². The van der Waals surface area contributed by atoms with E-state index in [0.29, 0.717) is 6.04 Å². The highest BCUT2D eigenvalue weighted by Gasteiger charge is 2.20. The quantitative estimate of drug-likeness (QED) is 0.723. The lowest BCUT2D eigenvalue weighted by molar-refractivity contribution is 0.477. The van der Waals surface area contributed by atoms with Gasteiger partial charge >= 0.3 is 0 Å². The van der Waals surface area contributed by atoms with Crippen molar-refractivity contribution in [1.29, 1.82) is 0 Å². The van der Waals surface area contributed by atoms with Crippen LogP contribution in [0, 0.1) is 0 Å². The Morgan fingerprint density at radius 1 is 1.50 bits per heavy atom. The number of halogens is 1. The van der Waals surface area contributed by atoms with Gasteiger partial charge < -0.3 is 4.90 Å². The van der Waals surface area contributed by atoms with Crippen LogP contribution in [0.1, 0.15) is 26.2 Å². The lowest BCUT2D eigenvalue weighted by Crippen LogP contribution is -2.38. The Hall–Kier alpha value is -0.640. The summed E-state index contributed by atoms with van der Waals surface area (Å²) in [4.78, 5) is 11.0. The molecule has 1 aliphatic rings. The van der Waals surface area contributed by atoms with E-state index in [2.05, 4.69) is 37.7 Å². The predicted molar refractivity (Wildman–Crippen MR) is 60.4 cm³/mol. The Labute approximate surface area is 92.7 Å². The number of hydrogen-bond acceptors (Lipinski definition) is 3. The lowest BCUT2D eigenvalue weighted by Gasteiger charge is -2.33. The van der Waals surface area contributed by atoms with E-state index in [0.717, 1.165) is 17.1 Å². The topological polar surface area (TPSA) is 29.0 Å². The van der Waals surface area contributed by atoms with Crippen molar-refractivity contribution in [3.8, 4) is 0 Å². The van der Waals surface area contributed by atoms with Crippen molar-refractivity contribution < 1.29 is 0 Å². The van der Waals surface area contributed by atoms with Crippen molar-refractivity contribution in [2.24, 2.45) is 0 Å². The number of hydrogen-bond donors (Lipinski definition) is 0. The third kappa shape index (κ3) is 2.05. The molecular formula is C10H14BrN3. The van der Waals surface area contributed by atoms with Crippen LogP contribution in [0.3, 0.4) is 0 Å². The smallest absolute Gasteiger partial charge is 0.226 e. The molecule has 2 heterocycles. The van der Waals surface area contributed by atoms with E-state index in [4.69, 9.17) is 0 Å². The van der Waals surface area contributed by atoms with Crippen molar-refractivity contribution in [3.63, 3.8) is 0 Å². The summed E-state index contributed by atoms with van der Waals surface area (Å²) in [7, 11) is 0. The monoisotopic (exact) mass is 255 g/mol. The van der Waals surface area contributed by atoms with E-state index in [1.54, 1.807) is 6.20 Å². The second-order valence-corrected chi connectivity index (χ2v) is 4.53. The van der Waals surface area contributed by atoms with Gasteiger partial charge in [-0.1, -0.05) is 0 Å². The molecule has 1 aromatic rings. The highest BCUT2D eigenvalue weighted by Crippen LogP contribution is 2.21. The maximum atomic E-state index is 4.38. The molecule has 1 fully saturated rings. The summed E-state index contributed by atoms with van der Waals surface area (Å²) >= 11 is 3.37. The molecular weight excluding hydrogens is 242 g/mol. The first-order valence-corrected chi connectivity index (χ1v) is 5.82. The molecule has 0 spiro atoms. The van der Waals surface area contributed by atoms with Gasteiger partial charge in [0.05, 0.1) is 0 Å². The highest BCUT2D eigenvalue weighted by molar-refractivity contribution is 9.10. The zero-order valence-corrected chi connectivity index (χ0v) is 9.87. The van der Waals surface area contributed by atoms with Crippen molar-refractivity contribution in [1.82, 2.24) is 9.97 Å². The summed E-state index contributed by atoms with van der Waals surface area (Å²) in [5, 5.41) is 0. The number of piperidine rings is 1. The summed E-state index contributed by atoms with van der Waals surface area (Å²) in [6, 6.07) is 2.43. The van der Waals surface area contributed by atoms with Crippen LogP contribution in [0.5, 0.6) is 0 Å². The largest absolute Gasteiger partial charge is 0.338 e. The van der Waals surface area contributed by atoms with Crippen LogP contribution < -0.4 is 4.90 Å². The summed E-state index contributed by atoms with van der Waals surface area (Å²) in [6.07, 6.45) is 5.62.